The number of hydrogen-bond donors (Lipinski definition) is 1. The average molecular weight is 369 g/mol. The smallest absolute Gasteiger partial charge is 0.268 e. The van der Waals surface area contributed by atoms with E-state index in [9.17, 15) is 4.79 Å². The molecular weight excluding hydrogens is 354 g/mol. The number of aromatic nitrogens is 5. The molecule has 0 aliphatic heterocycles. The maximum absolute atomic E-state index is 12.0. The molecule has 0 amide bonds. The van der Waals surface area contributed by atoms with Gasteiger partial charge in [-0.05, 0) is 18.4 Å². The maximum Gasteiger partial charge on any atom is 0.268 e. The second-order valence-corrected chi connectivity index (χ2v) is 7.53. The van der Waals surface area contributed by atoms with Crippen LogP contribution in [-0.2, 0) is 12.8 Å². The van der Waals surface area contributed by atoms with E-state index >= 15 is 0 Å². The van der Waals surface area contributed by atoms with Crippen LogP contribution in [0.3, 0.4) is 0 Å². The van der Waals surface area contributed by atoms with Crippen LogP contribution in [0.4, 0.5) is 0 Å². The summed E-state index contributed by atoms with van der Waals surface area (Å²) in [5, 5.41) is 11.2. The number of thioether (sulfide) groups is 1. The number of thiophene rings is 1. The first-order chi connectivity index (χ1) is 12.1. The molecule has 0 saturated carbocycles. The van der Waals surface area contributed by atoms with Gasteiger partial charge in [-0.15, -0.1) is 21.5 Å². The predicted octanol–water partition coefficient (Wildman–Crippen LogP) is 3.38. The molecule has 0 fully saturated rings. The quantitative estimate of drug-likeness (QED) is 0.558. The molecule has 0 radical (unpaired) electrons. The lowest BCUT2D eigenvalue weighted by Crippen LogP contribution is -2.09. The summed E-state index contributed by atoms with van der Waals surface area (Å²) in [4.78, 5) is 19.4. The normalized spacial score (nSPS) is 11.3. The summed E-state index contributed by atoms with van der Waals surface area (Å²) in [6.07, 6.45) is 0. The number of fused-ring (bicyclic) bond motifs is 1. The minimum atomic E-state index is -0.0890. The number of aromatic amines is 1. The number of nitrogens with one attached hydrogen (secondary N) is 1. The first-order valence-corrected chi connectivity index (χ1v) is 9.54. The number of hydrogen-bond acceptors (Lipinski definition) is 6. The SMILES string of the molecule is Cc1ccc(-c2nnc(SCc3nc4ccsc4c(=O)[nH]3)n2C)cc1. The molecule has 4 rings (SSSR count). The molecule has 126 valence electrons. The van der Waals surface area contributed by atoms with Gasteiger partial charge in [0.1, 0.15) is 10.5 Å². The Kier molecular flexibility index (Phi) is 4.14. The maximum atomic E-state index is 12.0. The molecule has 0 bridgehead atoms. The summed E-state index contributed by atoms with van der Waals surface area (Å²) >= 11 is 2.90. The van der Waals surface area contributed by atoms with Crippen molar-refractivity contribution in [2.75, 3.05) is 0 Å². The Morgan fingerprint density at radius 1 is 1.20 bits per heavy atom. The van der Waals surface area contributed by atoms with Gasteiger partial charge in [0.2, 0.25) is 0 Å². The second-order valence-electron chi connectivity index (χ2n) is 5.67. The highest BCUT2D eigenvalue weighted by atomic mass is 32.2. The van der Waals surface area contributed by atoms with Crippen molar-refractivity contribution in [3.63, 3.8) is 0 Å². The molecule has 25 heavy (non-hydrogen) atoms. The number of nitrogens with zero attached hydrogens (tertiary/aromatic N) is 4. The molecule has 8 heteroatoms. The Labute approximate surface area is 152 Å². The van der Waals surface area contributed by atoms with Gasteiger partial charge in [0.25, 0.3) is 5.56 Å². The van der Waals surface area contributed by atoms with Crippen molar-refractivity contribution < 1.29 is 0 Å². The van der Waals surface area contributed by atoms with Crippen LogP contribution in [0.5, 0.6) is 0 Å². The Balaban J connectivity index is 1.56. The van der Waals surface area contributed by atoms with Gasteiger partial charge in [0, 0.05) is 12.6 Å². The average Bonchev–Trinajstić information content (AvgIpc) is 3.21. The van der Waals surface area contributed by atoms with Gasteiger partial charge in [-0.25, -0.2) is 4.98 Å². The third-order valence-electron chi connectivity index (χ3n) is 3.85. The van der Waals surface area contributed by atoms with Crippen molar-refractivity contribution >= 4 is 33.3 Å². The van der Waals surface area contributed by atoms with E-state index in [0.717, 1.165) is 22.1 Å². The fourth-order valence-electron chi connectivity index (χ4n) is 2.52. The van der Waals surface area contributed by atoms with E-state index in [4.69, 9.17) is 0 Å². The van der Waals surface area contributed by atoms with E-state index < -0.39 is 0 Å². The molecule has 0 aliphatic carbocycles. The van der Waals surface area contributed by atoms with Crippen LogP contribution >= 0.6 is 23.1 Å². The Hall–Kier alpha value is -2.45. The van der Waals surface area contributed by atoms with E-state index in [1.807, 2.05) is 35.2 Å². The molecule has 3 aromatic heterocycles. The molecule has 0 saturated heterocycles. The molecule has 4 aromatic rings. The minimum absolute atomic E-state index is 0.0890. The minimum Gasteiger partial charge on any atom is -0.309 e. The topological polar surface area (TPSA) is 76.5 Å². The van der Waals surface area contributed by atoms with E-state index in [-0.39, 0.29) is 5.56 Å². The van der Waals surface area contributed by atoms with Gasteiger partial charge >= 0.3 is 0 Å². The van der Waals surface area contributed by atoms with Crippen molar-refractivity contribution in [3.8, 4) is 11.4 Å². The zero-order valence-electron chi connectivity index (χ0n) is 13.7. The number of aryl methyl sites for hydroxylation is 1. The Bertz CT molecular complexity index is 1090. The van der Waals surface area contributed by atoms with Crippen LogP contribution in [0.15, 0.2) is 45.7 Å². The molecule has 0 atom stereocenters. The van der Waals surface area contributed by atoms with Crippen LogP contribution in [0.1, 0.15) is 11.4 Å². The van der Waals surface area contributed by atoms with E-state index in [2.05, 4.69) is 39.2 Å². The number of H-pyrrole nitrogens is 1. The summed E-state index contributed by atoms with van der Waals surface area (Å²) in [6, 6.07) is 10.1. The fraction of sp³-hybridized carbons (Fsp3) is 0.176. The third-order valence-corrected chi connectivity index (χ3v) is 5.78. The monoisotopic (exact) mass is 369 g/mol. The van der Waals surface area contributed by atoms with Crippen molar-refractivity contribution in [3.05, 3.63) is 57.5 Å². The highest BCUT2D eigenvalue weighted by Crippen LogP contribution is 2.25. The molecule has 3 heterocycles. The second kappa shape index (κ2) is 6.45. The highest BCUT2D eigenvalue weighted by Gasteiger charge is 2.12. The lowest BCUT2D eigenvalue weighted by Gasteiger charge is -2.04. The van der Waals surface area contributed by atoms with E-state index in [1.165, 1.54) is 28.7 Å². The van der Waals surface area contributed by atoms with Crippen molar-refractivity contribution in [1.29, 1.82) is 0 Å². The highest BCUT2D eigenvalue weighted by molar-refractivity contribution is 7.98. The first kappa shape index (κ1) is 16.0. The van der Waals surface area contributed by atoms with E-state index in [1.54, 1.807) is 0 Å². The zero-order chi connectivity index (χ0) is 17.4. The lowest BCUT2D eigenvalue weighted by molar-refractivity contribution is 0.793. The summed E-state index contributed by atoms with van der Waals surface area (Å²) in [5.41, 5.74) is 2.88. The zero-order valence-corrected chi connectivity index (χ0v) is 15.3. The van der Waals surface area contributed by atoms with Gasteiger partial charge < -0.3 is 9.55 Å². The predicted molar refractivity (Wildman–Crippen MR) is 101 cm³/mol. The number of rotatable bonds is 4. The molecule has 0 unspecified atom stereocenters. The first-order valence-electron chi connectivity index (χ1n) is 7.67. The third kappa shape index (κ3) is 3.10. The lowest BCUT2D eigenvalue weighted by atomic mass is 10.1. The largest absolute Gasteiger partial charge is 0.309 e. The molecule has 0 spiro atoms. The molecular formula is C17H15N5OS2. The Morgan fingerprint density at radius 3 is 2.80 bits per heavy atom. The van der Waals surface area contributed by atoms with Gasteiger partial charge in [-0.2, -0.15) is 0 Å². The fourth-order valence-corrected chi connectivity index (χ4v) is 4.02. The molecule has 1 aromatic carbocycles. The van der Waals surface area contributed by atoms with Crippen LogP contribution in [-0.4, -0.2) is 24.7 Å². The van der Waals surface area contributed by atoms with Crippen molar-refractivity contribution in [2.24, 2.45) is 7.05 Å². The summed E-state index contributed by atoms with van der Waals surface area (Å²) in [5.74, 6) is 1.99. The number of benzene rings is 1. The Morgan fingerprint density at radius 2 is 2.00 bits per heavy atom. The van der Waals surface area contributed by atoms with Gasteiger partial charge in [0.05, 0.1) is 11.3 Å². The van der Waals surface area contributed by atoms with Crippen molar-refractivity contribution in [2.45, 2.75) is 17.8 Å². The molecule has 6 nitrogen and oxygen atoms in total. The summed E-state index contributed by atoms with van der Waals surface area (Å²) in [7, 11) is 1.94. The molecule has 0 aliphatic rings. The summed E-state index contributed by atoms with van der Waals surface area (Å²) in [6.45, 7) is 2.06. The van der Waals surface area contributed by atoms with Crippen LogP contribution < -0.4 is 5.56 Å². The standard InChI is InChI=1S/C17H15N5OS2/c1-10-3-5-11(6-4-10)15-20-21-17(22(15)2)25-9-13-18-12-7-8-24-14(12)16(23)19-13/h3-8H,9H2,1-2H3,(H,18,19,23). The van der Waals surface area contributed by atoms with Gasteiger partial charge in [-0.1, -0.05) is 41.6 Å². The van der Waals surface area contributed by atoms with Crippen LogP contribution in [0.25, 0.3) is 21.6 Å². The van der Waals surface area contributed by atoms with Crippen molar-refractivity contribution in [1.82, 2.24) is 24.7 Å². The van der Waals surface area contributed by atoms with Crippen LogP contribution in [0.2, 0.25) is 0 Å². The van der Waals surface area contributed by atoms with Crippen LogP contribution in [0, 0.1) is 6.92 Å². The molecule has 1 N–H and O–H groups in total. The van der Waals surface area contributed by atoms with Gasteiger partial charge in [-0.3, -0.25) is 4.79 Å². The summed E-state index contributed by atoms with van der Waals surface area (Å²) < 4.78 is 2.62. The van der Waals surface area contributed by atoms with E-state index in [0.29, 0.717) is 16.3 Å². The van der Waals surface area contributed by atoms with Gasteiger partial charge in [0.15, 0.2) is 11.0 Å².